The van der Waals surface area contributed by atoms with E-state index in [2.05, 4.69) is 14.8 Å². The van der Waals surface area contributed by atoms with Gasteiger partial charge in [-0.3, -0.25) is 0 Å². The molecule has 0 aromatic carbocycles. The van der Waals surface area contributed by atoms with E-state index in [1.54, 1.807) is 0 Å². The minimum Gasteiger partial charge on any atom is -0.465 e. The molecule has 0 saturated heterocycles. The number of furan rings is 1. The summed E-state index contributed by atoms with van der Waals surface area (Å²) in [4.78, 5) is 11.4. The lowest BCUT2D eigenvalue weighted by Gasteiger charge is -2.12. The summed E-state index contributed by atoms with van der Waals surface area (Å²) in [5, 5.41) is 2.79. The second-order valence-electron chi connectivity index (χ2n) is 4.34. The molecule has 8 heteroatoms. The van der Waals surface area contributed by atoms with Gasteiger partial charge in [-0.25, -0.2) is 17.9 Å². The van der Waals surface area contributed by atoms with Crippen LogP contribution in [-0.2, 0) is 14.8 Å². The van der Waals surface area contributed by atoms with Crippen molar-refractivity contribution in [2.24, 2.45) is 0 Å². The van der Waals surface area contributed by atoms with Crippen molar-refractivity contribution >= 4 is 16.0 Å². The van der Waals surface area contributed by atoms with Crippen LogP contribution in [0.1, 0.15) is 30.0 Å². The fourth-order valence-electron chi connectivity index (χ4n) is 1.63. The highest BCUT2D eigenvalue weighted by Crippen LogP contribution is 2.19. The summed E-state index contributed by atoms with van der Waals surface area (Å²) in [6, 6.07) is 1.16. The van der Waals surface area contributed by atoms with Crippen molar-refractivity contribution in [3.05, 3.63) is 17.4 Å². The van der Waals surface area contributed by atoms with E-state index in [1.165, 1.54) is 20.1 Å². The van der Waals surface area contributed by atoms with Gasteiger partial charge in [0, 0.05) is 18.7 Å². The molecule has 114 valence electrons. The lowest BCUT2D eigenvalue weighted by molar-refractivity contribution is 0.0599. The lowest BCUT2D eigenvalue weighted by atomic mass is 10.3. The van der Waals surface area contributed by atoms with Gasteiger partial charge < -0.3 is 14.5 Å². The van der Waals surface area contributed by atoms with E-state index in [9.17, 15) is 13.2 Å². The number of hydrogen-bond acceptors (Lipinski definition) is 6. The molecule has 0 amide bonds. The number of esters is 1. The van der Waals surface area contributed by atoms with Gasteiger partial charge in [0.25, 0.3) is 10.0 Å². The quantitative estimate of drug-likeness (QED) is 0.718. The zero-order valence-corrected chi connectivity index (χ0v) is 12.8. The first-order chi connectivity index (χ1) is 9.31. The maximum absolute atomic E-state index is 12.0. The predicted molar refractivity (Wildman–Crippen MR) is 73.1 cm³/mol. The molecule has 1 rings (SSSR count). The molecule has 0 saturated carbocycles. The minimum absolute atomic E-state index is 0.00842. The van der Waals surface area contributed by atoms with Crippen LogP contribution >= 0.6 is 0 Å². The molecule has 1 heterocycles. The molecule has 1 atom stereocenters. The molecule has 0 aliphatic heterocycles. The van der Waals surface area contributed by atoms with Crippen LogP contribution in [0, 0.1) is 6.92 Å². The van der Waals surface area contributed by atoms with E-state index in [0.717, 1.165) is 6.54 Å². The van der Waals surface area contributed by atoms with Crippen LogP contribution in [0.15, 0.2) is 15.6 Å². The topological polar surface area (TPSA) is 97.6 Å². The van der Waals surface area contributed by atoms with E-state index < -0.39 is 16.0 Å². The number of rotatable bonds is 7. The van der Waals surface area contributed by atoms with Gasteiger partial charge in [0.05, 0.1) is 7.11 Å². The first kappa shape index (κ1) is 16.7. The van der Waals surface area contributed by atoms with Crippen molar-refractivity contribution < 1.29 is 22.4 Å². The molecule has 0 radical (unpaired) electrons. The predicted octanol–water partition coefficient (Wildman–Crippen LogP) is 0.651. The average Bonchev–Trinajstić information content (AvgIpc) is 2.79. The second kappa shape index (κ2) is 6.87. The molecule has 20 heavy (non-hydrogen) atoms. The van der Waals surface area contributed by atoms with E-state index in [-0.39, 0.29) is 29.0 Å². The number of ether oxygens (including phenoxy) is 1. The highest BCUT2D eigenvalue weighted by atomic mass is 32.2. The Morgan fingerprint density at radius 3 is 2.70 bits per heavy atom. The molecule has 7 nitrogen and oxygen atoms in total. The zero-order chi connectivity index (χ0) is 15.3. The maximum atomic E-state index is 12.0. The Labute approximate surface area is 118 Å². The van der Waals surface area contributed by atoms with Crippen LogP contribution < -0.4 is 10.0 Å². The molecule has 0 bridgehead atoms. The highest BCUT2D eigenvalue weighted by molar-refractivity contribution is 7.89. The molecule has 0 aliphatic rings. The Morgan fingerprint density at radius 1 is 1.50 bits per heavy atom. The van der Waals surface area contributed by atoms with Crippen LogP contribution in [0.3, 0.4) is 0 Å². The number of aryl methyl sites for hydroxylation is 1. The van der Waals surface area contributed by atoms with Crippen molar-refractivity contribution in [2.45, 2.75) is 31.9 Å². The summed E-state index contributed by atoms with van der Waals surface area (Å²) in [6.07, 6.45) is 0. The Bertz CT molecular complexity index is 564. The first-order valence-corrected chi connectivity index (χ1v) is 7.72. The molecule has 1 aromatic rings. The molecular weight excluding hydrogens is 284 g/mol. The zero-order valence-electron chi connectivity index (χ0n) is 12.0. The highest BCUT2D eigenvalue weighted by Gasteiger charge is 2.24. The smallest absolute Gasteiger partial charge is 0.341 e. The van der Waals surface area contributed by atoms with Crippen LogP contribution in [-0.4, -0.2) is 40.6 Å². The standard InChI is InChI=1S/C12H20N2O5S/c1-5-13-8(2)7-14-20(16,17)11-6-10(9(3)19-11)12(15)18-4/h6,8,13-14H,5,7H2,1-4H3/t8-/m1/s1. The van der Waals surface area contributed by atoms with Gasteiger partial charge in [-0.05, 0) is 20.4 Å². The lowest BCUT2D eigenvalue weighted by Crippen LogP contribution is -2.38. The molecule has 0 unspecified atom stereocenters. The Hall–Kier alpha value is -1.38. The number of methoxy groups -OCH3 is 1. The normalized spacial score (nSPS) is 13.2. The van der Waals surface area contributed by atoms with E-state index in [0.29, 0.717) is 0 Å². The number of carbonyl (C=O) groups is 1. The number of sulfonamides is 1. The Morgan fingerprint density at radius 2 is 2.15 bits per heavy atom. The van der Waals surface area contributed by atoms with Gasteiger partial charge in [-0.2, -0.15) is 0 Å². The van der Waals surface area contributed by atoms with Gasteiger partial charge in [0.15, 0.2) is 0 Å². The number of likely N-dealkylation sites (N-methyl/N-ethyl adjacent to an activating group) is 1. The van der Waals surface area contributed by atoms with Crippen LogP contribution in [0.5, 0.6) is 0 Å². The largest absolute Gasteiger partial charge is 0.465 e. The molecular formula is C12H20N2O5S. The van der Waals surface area contributed by atoms with Gasteiger partial charge in [-0.15, -0.1) is 0 Å². The van der Waals surface area contributed by atoms with E-state index in [4.69, 9.17) is 4.42 Å². The average molecular weight is 304 g/mol. The van der Waals surface area contributed by atoms with Gasteiger partial charge in [0.1, 0.15) is 11.3 Å². The molecule has 0 fully saturated rings. The third-order valence-electron chi connectivity index (χ3n) is 2.70. The fraction of sp³-hybridized carbons (Fsp3) is 0.583. The van der Waals surface area contributed by atoms with Crippen molar-refractivity contribution in [3.8, 4) is 0 Å². The monoisotopic (exact) mass is 304 g/mol. The minimum atomic E-state index is -3.78. The fourth-order valence-corrected chi connectivity index (χ4v) is 2.75. The third kappa shape index (κ3) is 4.06. The summed E-state index contributed by atoms with van der Waals surface area (Å²) >= 11 is 0. The molecule has 0 spiro atoms. The van der Waals surface area contributed by atoms with Crippen LogP contribution in [0.4, 0.5) is 0 Å². The van der Waals surface area contributed by atoms with E-state index in [1.807, 2.05) is 13.8 Å². The summed E-state index contributed by atoms with van der Waals surface area (Å²) in [5.74, 6) is -0.425. The molecule has 0 aliphatic carbocycles. The molecule has 1 aromatic heterocycles. The SMILES string of the molecule is CCN[C@H](C)CNS(=O)(=O)c1cc(C(=O)OC)c(C)o1. The summed E-state index contributed by atoms with van der Waals surface area (Å²) in [7, 11) is -2.56. The van der Waals surface area contributed by atoms with Crippen molar-refractivity contribution in [1.82, 2.24) is 10.0 Å². The third-order valence-corrected chi connectivity index (χ3v) is 3.98. The van der Waals surface area contributed by atoms with Crippen molar-refractivity contribution in [3.63, 3.8) is 0 Å². The van der Waals surface area contributed by atoms with Crippen molar-refractivity contribution in [1.29, 1.82) is 0 Å². The molecule has 2 N–H and O–H groups in total. The van der Waals surface area contributed by atoms with Crippen molar-refractivity contribution in [2.75, 3.05) is 20.2 Å². The van der Waals surface area contributed by atoms with Gasteiger partial charge in [0.2, 0.25) is 5.09 Å². The Balaban J connectivity index is 2.85. The van der Waals surface area contributed by atoms with E-state index >= 15 is 0 Å². The van der Waals surface area contributed by atoms with Gasteiger partial charge in [-0.1, -0.05) is 6.92 Å². The van der Waals surface area contributed by atoms with Gasteiger partial charge >= 0.3 is 5.97 Å². The number of hydrogen-bond donors (Lipinski definition) is 2. The summed E-state index contributed by atoms with van der Waals surface area (Å²) < 4.78 is 36.2. The number of nitrogens with one attached hydrogen (secondary N) is 2. The maximum Gasteiger partial charge on any atom is 0.341 e. The second-order valence-corrected chi connectivity index (χ2v) is 6.04. The van der Waals surface area contributed by atoms with Crippen LogP contribution in [0.25, 0.3) is 0 Å². The Kier molecular flexibility index (Phi) is 5.73. The van der Waals surface area contributed by atoms with Crippen LogP contribution in [0.2, 0.25) is 0 Å². The first-order valence-electron chi connectivity index (χ1n) is 6.23. The summed E-state index contributed by atoms with van der Waals surface area (Å²) in [5.41, 5.74) is 0.104. The summed E-state index contributed by atoms with van der Waals surface area (Å²) in [6.45, 7) is 6.27. The number of carbonyl (C=O) groups excluding carboxylic acids is 1.